The van der Waals surface area contributed by atoms with E-state index in [1.165, 1.54) is 12.8 Å². The third-order valence-electron chi connectivity index (χ3n) is 3.78. The van der Waals surface area contributed by atoms with Crippen molar-refractivity contribution in [3.63, 3.8) is 0 Å². The number of likely N-dealkylation sites (tertiary alicyclic amines) is 1. The molecule has 1 aliphatic rings. The van der Waals surface area contributed by atoms with Crippen LogP contribution in [0.3, 0.4) is 0 Å². The van der Waals surface area contributed by atoms with E-state index in [9.17, 15) is 4.79 Å². The summed E-state index contributed by atoms with van der Waals surface area (Å²) >= 11 is 3.40. The van der Waals surface area contributed by atoms with Crippen LogP contribution in [0, 0.1) is 0 Å². The van der Waals surface area contributed by atoms with Gasteiger partial charge in [-0.3, -0.25) is 4.79 Å². The molecule has 1 aliphatic heterocycles. The molecular weight excluding hydrogens is 340 g/mol. The smallest absolute Gasteiger partial charge is 0.246 e. The molecule has 2 rings (SSSR count). The van der Waals surface area contributed by atoms with E-state index in [-0.39, 0.29) is 18.3 Å². The van der Waals surface area contributed by atoms with Gasteiger partial charge < -0.3 is 10.6 Å². The molecule has 1 aromatic carbocycles. The first-order valence-corrected chi connectivity index (χ1v) is 7.65. The molecule has 0 bridgehead atoms. The van der Waals surface area contributed by atoms with E-state index in [1.807, 2.05) is 36.1 Å². The fourth-order valence-corrected chi connectivity index (χ4v) is 2.79. The third-order valence-corrected chi connectivity index (χ3v) is 4.31. The van der Waals surface area contributed by atoms with Crippen molar-refractivity contribution >= 4 is 34.2 Å². The fraction of sp³-hybridized carbons (Fsp3) is 0.533. The molecule has 0 spiro atoms. The van der Waals surface area contributed by atoms with Gasteiger partial charge in [-0.15, -0.1) is 12.4 Å². The molecule has 0 aliphatic carbocycles. The maximum atomic E-state index is 12.6. The summed E-state index contributed by atoms with van der Waals surface area (Å²) in [4.78, 5) is 14.6. The average molecular weight is 362 g/mol. The molecule has 1 saturated heterocycles. The van der Waals surface area contributed by atoms with E-state index in [0.717, 1.165) is 36.0 Å². The van der Waals surface area contributed by atoms with Crippen molar-refractivity contribution in [2.45, 2.75) is 38.1 Å². The van der Waals surface area contributed by atoms with Gasteiger partial charge >= 0.3 is 0 Å². The molecule has 1 amide bonds. The lowest BCUT2D eigenvalue weighted by atomic mass is 9.91. The second kappa shape index (κ2) is 7.43. The summed E-state index contributed by atoms with van der Waals surface area (Å²) in [6.07, 6.45) is 4.59. The monoisotopic (exact) mass is 360 g/mol. The highest BCUT2D eigenvalue weighted by Gasteiger charge is 2.34. The molecule has 1 fully saturated rings. The first-order valence-electron chi connectivity index (χ1n) is 6.86. The third kappa shape index (κ3) is 3.96. The van der Waals surface area contributed by atoms with Gasteiger partial charge in [-0.25, -0.2) is 0 Å². The summed E-state index contributed by atoms with van der Waals surface area (Å²) < 4.78 is 0.995. The van der Waals surface area contributed by atoms with Crippen molar-refractivity contribution in [2.24, 2.45) is 5.73 Å². The second-order valence-corrected chi connectivity index (χ2v) is 6.33. The minimum absolute atomic E-state index is 0. The van der Waals surface area contributed by atoms with E-state index < -0.39 is 5.54 Å². The summed E-state index contributed by atoms with van der Waals surface area (Å²) in [6.45, 7) is 3.48. The van der Waals surface area contributed by atoms with Gasteiger partial charge in [0.25, 0.3) is 0 Å². The Bertz CT molecular complexity index is 440. The molecule has 20 heavy (non-hydrogen) atoms. The van der Waals surface area contributed by atoms with E-state index in [4.69, 9.17) is 5.73 Å². The van der Waals surface area contributed by atoms with Crippen LogP contribution in [0.1, 0.15) is 38.2 Å². The lowest BCUT2D eigenvalue weighted by Gasteiger charge is -2.31. The largest absolute Gasteiger partial charge is 0.341 e. The van der Waals surface area contributed by atoms with Crippen LogP contribution in [0.4, 0.5) is 0 Å². The standard InChI is InChI=1S/C15H21BrN2O.ClH/c1-15(17,12-6-8-13(16)9-7-12)14(19)18-10-4-2-3-5-11-18;/h6-9H,2-5,10-11,17H2,1H3;1H. The molecule has 3 nitrogen and oxygen atoms in total. The second-order valence-electron chi connectivity index (χ2n) is 5.42. The van der Waals surface area contributed by atoms with E-state index >= 15 is 0 Å². The van der Waals surface area contributed by atoms with Gasteiger partial charge in [0.1, 0.15) is 5.54 Å². The topological polar surface area (TPSA) is 46.3 Å². The Morgan fingerprint density at radius 1 is 1.15 bits per heavy atom. The molecule has 0 aromatic heterocycles. The van der Waals surface area contributed by atoms with Crippen LogP contribution < -0.4 is 5.73 Å². The zero-order chi connectivity index (χ0) is 13.9. The van der Waals surface area contributed by atoms with Crippen LogP contribution in [0.15, 0.2) is 28.7 Å². The lowest BCUT2D eigenvalue weighted by Crippen LogP contribution is -2.51. The number of benzene rings is 1. The molecule has 0 saturated carbocycles. The van der Waals surface area contributed by atoms with Crippen LogP contribution in [-0.4, -0.2) is 23.9 Å². The van der Waals surface area contributed by atoms with Crippen LogP contribution >= 0.6 is 28.3 Å². The molecule has 1 unspecified atom stereocenters. The predicted molar refractivity (Wildman–Crippen MR) is 88.0 cm³/mol. The Hall–Kier alpha value is -0.580. The van der Waals surface area contributed by atoms with Crippen molar-refractivity contribution in [1.82, 2.24) is 4.90 Å². The molecule has 2 N–H and O–H groups in total. The van der Waals surface area contributed by atoms with Gasteiger partial charge in [0, 0.05) is 17.6 Å². The molecule has 1 heterocycles. The normalized spacial score (nSPS) is 18.6. The minimum Gasteiger partial charge on any atom is -0.341 e. The number of hydrogen-bond donors (Lipinski definition) is 1. The Morgan fingerprint density at radius 2 is 1.65 bits per heavy atom. The molecule has 5 heteroatoms. The number of hydrogen-bond acceptors (Lipinski definition) is 2. The molecule has 1 atom stereocenters. The van der Waals surface area contributed by atoms with Crippen LogP contribution in [0.5, 0.6) is 0 Å². The van der Waals surface area contributed by atoms with Crippen molar-refractivity contribution in [1.29, 1.82) is 0 Å². The number of nitrogens with zero attached hydrogens (tertiary/aromatic N) is 1. The molecular formula is C15H22BrClN2O. The van der Waals surface area contributed by atoms with Gasteiger partial charge in [0.2, 0.25) is 5.91 Å². The van der Waals surface area contributed by atoms with Gasteiger partial charge in [-0.2, -0.15) is 0 Å². The first-order chi connectivity index (χ1) is 9.01. The van der Waals surface area contributed by atoms with Gasteiger partial charge in [-0.1, -0.05) is 40.9 Å². The highest BCUT2D eigenvalue weighted by molar-refractivity contribution is 9.10. The molecule has 112 valence electrons. The summed E-state index contributed by atoms with van der Waals surface area (Å²) in [5, 5.41) is 0. The number of rotatable bonds is 2. The number of carbonyl (C=O) groups is 1. The maximum Gasteiger partial charge on any atom is 0.246 e. The van der Waals surface area contributed by atoms with Crippen molar-refractivity contribution in [3.8, 4) is 0 Å². The van der Waals surface area contributed by atoms with E-state index in [0.29, 0.717) is 0 Å². The minimum atomic E-state index is -0.939. The number of carbonyl (C=O) groups excluding carboxylic acids is 1. The Labute approximate surface area is 135 Å². The van der Waals surface area contributed by atoms with Crippen molar-refractivity contribution in [3.05, 3.63) is 34.3 Å². The zero-order valence-corrected chi connectivity index (χ0v) is 14.2. The van der Waals surface area contributed by atoms with Crippen molar-refractivity contribution < 1.29 is 4.79 Å². The zero-order valence-electron chi connectivity index (χ0n) is 11.8. The Balaban J connectivity index is 0.00000200. The predicted octanol–water partition coefficient (Wildman–Crippen LogP) is 3.45. The number of nitrogens with two attached hydrogens (primary N) is 1. The summed E-state index contributed by atoms with van der Waals surface area (Å²) in [5.41, 5.74) is 6.23. The van der Waals surface area contributed by atoms with E-state index in [1.54, 1.807) is 0 Å². The maximum absolute atomic E-state index is 12.6. The highest BCUT2D eigenvalue weighted by Crippen LogP contribution is 2.24. The first kappa shape index (κ1) is 17.5. The molecule has 1 aromatic rings. The molecule has 0 radical (unpaired) electrons. The summed E-state index contributed by atoms with van der Waals surface area (Å²) in [5.74, 6) is 0.0386. The van der Waals surface area contributed by atoms with Gasteiger partial charge in [0.05, 0.1) is 0 Å². The van der Waals surface area contributed by atoms with Gasteiger partial charge in [-0.05, 0) is 37.5 Å². The SMILES string of the molecule is CC(N)(C(=O)N1CCCCCC1)c1ccc(Br)cc1.Cl. The van der Waals surface area contributed by atoms with Crippen LogP contribution in [0.25, 0.3) is 0 Å². The summed E-state index contributed by atoms with van der Waals surface area (Å²) in [6, 6.07) is 7.69. The fourth-order valence-electron chi connectivity index (χ4n) is 2.52. The Morgan fingerprint density at radius 3 is 2.15 bits per heavy atom. The highest BCUT2D eigenvalue weighted by atomic mass is 79.9. The Kier molecular flexibility index (Phi) is 6.49. The van der Waals surface area contributed by atoms with Crippen molar-refractivity contribution in [2.75, 3.05) is 13.1 Å². The van der Waals surface area contributed by atoms with Gasteiger partial charge in [0.15, 0.2) is 0 Å². The number of halogens is 2. The summed E-state index contributed by atoms with van der Waals surface area (Å²) in [7, 11) is 0. The quantitative estimate of drug-likeness (QED) is 0.877. The average Bonchev–Trinajstić information content (AvgIpc) is 2.67. The lowest BCUT2D eigenvalue weighted by molar-refractivity contribution is -0.136. The van der Waals surface area contributed by atoms with Crippen LogP contribution in [0.2, 0.25) is 0 Å². The van der Waals surface area contributed by atoms with E-state index in [2.05, 4.69) is 15.9 Å². The van der Waals surface area contributed by atoms with Crippen LogP contribution in [-0.2, 0) is 10.3 Å². The number of amides is 1.